The van der Waals surface area contributed by atoms with Crippen LogP contribution in [0.3, 0.4) is 0 Å². The topological polar surface area (TPSA) is 49.8 Å². The second kappa shape index (κ2) is 4.23. The first kappa shape index (κ1) is 11.1. The fourth-order valence-corrected chi connectivity index (χ4v) is 2.39. The summed E-state index contributed by atoms with van der Waals surface area (Å²) in [6, 6.07) is 6.51. The van der Waals surface area contributed by atoms with E-state index < -0.39 is 5.82 Å². The molecule has 2 nitrogen and oxygen atoms in total. The van der Waals surface area contributed by atoms with E-state index in [1.807, 2.05) is 6.07 Å². The third-order valence-electron chi connectivity index (χ3n) is 3.41. The molecule has 0 heterocycles. The Bertz CT molecular complexity index is 428. The van der Waals surface area contributed by atoms with Gasteiger partial charge in [-0.05, 0) is 30.5 Å². The molecule has 1 saturated carbocycles. The molecular weight excluding hydrogens is 203 g/mol. The molecule has 16 heavy (non-hydrogen) atoms. The van der Waals surface area contributed by atoms with Gasteiger partial charge in [-0.25, -0.2) is 4.39 Å². The van der Waals surface area contributed by atoms with Crippen LogP contribution in [0.4, 0.5) is 4.39 Å². The van der Waals surface area contributed by atoms with E-state index in [9.17, 15) is 4.39 Å². The summed E-state index contributed by atoms with van der Waals surface area (Å²) in [5.41, 5.74) is 6.94. The molecule has 3 heteroatoms. The summed E-state index contributed by atoms with van der Waals surface area (Å²) in [4.78, 5) is 0. The Kier molecular flexibility index (Phi) is 2.93. The summed E-state index contributed by atoms with van der Waals surface area (Å²) < 4.78 is 13.2. The number of hydrogen-bond donors (Lipinski definition) is 1. The number of benzene rings is 1. The van der Waals surface area contributed by atoms with E-state index in [0.717, 1.165) is 31.2 Å². The number of hydrogen-bond acceptors (Lipinski definition) is 2. The molecule has 1 fully saturated rings. The first-order valence-electron chi connectivity index (χ1n) is 5.65. The molecule has 0 saturated heterocycles. The minimum atomic E-state index is -0.467. The summed E-state index contributed by atoms with van der Waals surface area (Å²) in [6.45, 7) is 0. The van der Waals surface area contributed by atoms with Crippen LogP contribution in [-0.2, 0) is 5.54 Å². The van der Waals surface area contributed by atoms with E-state index >= 15 is 0 Å². The third kappa shape index (κ3) is 1.94. The van der Waals surface area contributed by atoms with E-state index in [1.165, 1.54) is 12.5 Å². The monoisotopic (exact) mass is 218 g/mol. The van der Waals surface area contributed by atoms with Crippen molar-refractivity contribution in [1.29, 1.82) is 5.26 Å². The molecule has 0 aliphatic heterocycles. The first-order chi connectivity index (χ1) is 7.65. The van der Waals surface area contributed by atoms with Crippen LogP contribution in [0, 0.1) is 17.1 Å². The van der Waals surface area contributed by atoms with E-state index in [0.29, 0.717) is 0 Å². The predicted octanol–water partition coefficient (Wildman–Crippen LogP) is 2.82. The summed E-state index contributed by atoms with van der Waals surface area (Å²) >= 11 is 0. The number of halogens is 1. The molecule has 1 aromatic carbocycles. The van der Waals surface area contributed by atoms with Gasteiger partial charge in [0.05, 0.1) is 5.56 Å². The average molecular weight is 218 g/mol. The zero-order chi connectivity index (χ0) is 11.6. The molecule has 84 valence electrons. The lowest BCUT2D eigenvalue weighted by atomic mass is 9.77. The van der Waals surface area contributed by atoms with Crippen molar-refractivity contribution in [1.82, 2.24) is 0 Å². The predicted molar refractivity (Wildman–Crippen MR) is 60.1 cm³/mol. The number of nitrogens with zero attached hydrogens (tertiary/aromatic N) is 1. The van der Waals surface area contributed by atoms with Crippen LogP contribution in [-0.4, -0.2) is 0 Å². The molecule has 0 spiro atoms. The van der Waals surface area contributed by atoms with Crippen molar-refractivity contribution in [2.24, 2.45) is 5.73 Å². The Morgan fingerprint density at radius 2 is 1.94 bits per heavy atom. The summed E-state index contributed by atoms with van der Waals surface area (Å²) in [6.07, 6.45) is 5.27. The van der Waals surface area contributed by atoms with Gasteiger partial charge >= 0.3 is 0 Å². The second-order valence-electron chi connectivity index (χ2n) is 4.52. The highest BCUT2D eigenvalue weighted by Crippen LogP contribution is 2.35. The molecule has 0 unspecified atom stereocenters. The van der Waals surface area contributed by atoms with Gasteiger partial charge in [0.1, 0.15) is 11.9 Å². The van der Waals surface area contributed by atoms with Crippen molar-refractivity contribution in [2.45, 2.75) is 37.6 Å². The van der Waals surface area contributed by atoms with Gasteiger partial charge < -0.3 is 5.73 Å². The first-order valence-corrected chi connectivity index (χ1v) is 5.65. The Morgan fingerprint density at radius 3 is 2.56 bits per heavy atom. The van der Waals surface area contributed by atoms with Gasteiger partial charge in [0.25, 0.3) is 0 Å². The van der Waals surface area contributed by atoms with Crippen LogP contribution in [0.5, 0.6) is 0 Å². The van der Waals surface area contributed by atoms with Gasteiger partial charge in [-0.3, -0.25) is 0 Å². The Labute approximate surface area is 94.9 Å². The van der Waals surface area contributed by atoms with E-state index in [4.69, 9.17) is 11.0 Å². The van der Waals surface area contributed by atoms with Gasteiger partial charge in [-0.15, -0.1) is 0 Å². The van der Waals surface area contributed by atoms with Crippen molar-refractivity contribution in [2.75, 3.05) is 0 Å². The number of rotatable bonds is 1. The Hall–Kier alpha value is -1.40. The lowest BCUT2D eigenvalue weighted by molar-refractivity contribution is 0.302. The Balaban J connectivity index is 2.36. The summed E-state index contributed by atoms with van der Waals surface area (Å²) in [5, 5.41) is 8.79. The molecule has 0 amide bonds. The number of nitrogens with two attached hydrogens (primary N) is 1. The van der Waals surface area contributed by atoms with Crippen LogP contribution < -0.4 is 5.73 Å². The highest BCUT2D eigenvalue weighted by Gasteiger charge is 2.29. The quantitative estimate of drug-likeness (QED) is 0.788. The molecule has 1 aliphatic rings. The molecule has 0 radical (unpaired) electrons. The highest BCUT2D eigenvalue weighted by atomic mass is 19.1. The third-order valence-corrected chi connectivity index (χ3v) is 3.41. The lowest BCUT2D eigenvalue weighted by Crippen LogP contribution is -2.38. The summed E-state index contributed by atoms with van der Waals surface area (Å²) in [7, 11) is 0. The summed E-state index contributed by atoms with van der Waals surface area (Å²) in [5.74, 6) is -0.467. The molecule has 0 bridgehead atoms. The molecule has 1 aromatic rings. The Morgan fingerprint density at radius 1 is 1.25 bits per heavy atom. The van der Waals surface area contributed by atoms with Gasteiger partial charge in [0.2, 0.25) is 0 Å². The second-order valence-corrected chi connectivity index (χ2v) is 4.52. The molecular formula is C13H15FN2. The van der Waals surface area contributed by atoms with Crippen LogP contribution in [0.15, 0.2) is 18.2 Å². The zero-order valence-corrected chi connectivity index (χ0v) is 9.17. The van der Waals surface area contributed by atoms with Gasteiger partial charge in [0, 0.05) is 5.54 Å². The minimum absolute atomic E-state index is 0.0906. The fraction of sp³-hybridized carbons (Fsp3) is 0.462. The van der Waals surface area contributed by atoms with Crippen molar-refractivity contribution < 1.29 is 4.39 Å². The molecule has 2 rings (SSSR count). The maximum atomic E-state index is 13.2. The van der Waals surface area contributed by atoms with Crippen LogP contribution in [0.25, 0.3) is 0 Å². The maximum Gasteiger partial charge on any atom is 0.140 e. The zero-order valence-electron chi connectivity index (χ0n) is 9.17. The van der Waals surface area contributed by atoms with Crippen LogP contribution >= 0.6 is 0 Å². The van der Waals surface area contributed by atoms with E-state index in [-0.39, 0.29) is 11.1 Å². The highest BCUT2D eigenvalue weighted by molar-refractivity contribution is 5.37. The van der Waals surface area contributed by atoms with Gasteiger partial charge in [0.15, 0.2) is 0 Å². The number of nitriles is 1. The van der Waals surface area contributed by atoms with Gasteiger partial charge in [-0.1, -0.05) is 25.3 Å². The molecule has 0 aromatic heterocycles. The molecule has 1 aliphatic carbocycles. The average Bonchev–Trinajstić information content (AvgIpc) is 2.30. The largest absolute Gasteiger partial charge is 0.321 e. The van der Waals surface area contributed by atoms with Crippen molar-refractivity contribution in [3.8, 4) is 6.07 Å². The van der Waals surface area contributed by atoms with E-state index in [1.54, 1.807) is 12.1 Å². The SMILES string of the molecule is N#Cc1cc(C2(N)CCCCC2)ccc1F. The van der Waals surface area contributed by atoms with Gasteiger partial charge in [-0.2, -0.15) is 5.26 Å². The standard InChI is InChI=1S/C13H15FN2/c14-12-5-4-11(8-10(12)9-15)13(16)6-2-1-3-7-13/h4-5,8H,1-3,6-7,16H2. The minimum Gasteiger partial charge on any atom is -0.321 e. The van der Waals surface area contributed by atoms with Crippen LogP contribution in [0.1, 0.15) is 43.2 Å². The molecule has 0 atom stereocenters. The van der Waals surface area contributed by atoms with E-state index in [2.05, 4.69) is 0 Å². The normalized spacial score (nSPS) is 19.1. The lowest BCUT2D eigenvalue weighted by Gasteiger charge is -2.34. The van der Waals surface area contributed by atoms with Crippen molar-refractivity contribution in [3.05, 3.63) is 35.1 Å². The van der Waals surface area contributed by atoms with Crippen molar-refractivity contribution in [3.63, 3.8) is 0 Å². The maximum absolute atomic E-state index is 13.2. The molecule has 2 N–H and O–H groups in total. The smallest absolute Gasteiger partial charge is 0.140 e. The van der Waals surface area contributed by atoms with Crippen LogP contribution in [0.2, 0.25) is 0 Å². The van der Waals surface area contributed by atoms with Crippen molar-refractivity contribution >= 4 is 0 Å². The fourth-order valence-electron chi connectivity index (χ4n) is 2.39.